The lowest BCUT2D eigenvalue weighted by atomic mass is 9.98. The number of hydrogen-bond acceptors (Lipinski definition) is 1. The second-order valence-electron chi connectivity index (χ2n) is 5.12. The maximum Gasteiger partial charge on any atom is 0.0151 e. The van der Waals surface area contributed by atoms with E-state index in [9.17, 15) is 0 Å². The first-order valence-electron chi connectivity index (χ1n) is 5.76. The Bertz CT molecular complexity index is 179. The molecule has 0 spiro atoms. The second kappa shape index (κ2) is 6.41. The van der Waals surface area contributed by atoms with E-state index in [0.29, 0.717) is 5.04 Å². The predicted octanol–water partition coefficient (Wildman–Crippen LogP) is 2.23. The smallest absolute Gasteiger partial charge is 0.0151 e. The lowest BCUT2D eigenvalue weighted by Gasteiger charge is -2.25. The van der Waals surface area contributed by atoms with Gasteiger partial charge >= 0.3 is 0 Å². The number of allylic oxidation sites excluding steroid dienone is 1. The lowest BCUT2D eigenvalue weighted by Crippen LogP contribution is -2.22. The molecular weight excluding hydrogens is 186 g/mol. The van der Waals surface area contributed by atoms with Gasteiger partial charge in [-0.05, 0) is 38.4 Å². The molecule has 0 aromatic heterocycles. The van der Waals surface area contributed by atoms with E-state index in [-0.39, 0.29) is 0 Å². The van der Waals surface area contributed by atoms with Crippen LogP contribution in [-0.4, -0.2) is 35.3 Å². The predicted molar refractivity (Wildman–Crippen MR) is 70.1 cm³/mol. The van der Waals surface area contributed by atoms with Crippen molar-refractivity contribution in [2.45, 2.75) is 45.6 Å². The number of nitrogens with zero attached hydrogens (tertiary/aromatic N) is 1. The van der Waals surface area contributed by atoms with Gasteiger partial charge in [0.15, 0.2) is 0 Å². The summed E-state index contributed by atoms with van der Waals surface area (Å²) in [6.45, 7) is 11.6. The lowest BCUT2D eigenvalue weighted by molar-refractivity contribution is 0.336. The molecule has 0 fully saturated rings. The molecule has 0 aliphatic carbocycles. The third kappa shape index (κ3) is 5.61. The molecule has 0 radical (unpaired) electrons. The molecule has 84 valence electrons. The zero-order valence-electron chi connectivity index (χ0n) is 10.9. The van der Waals surface area contributed by atoms with Gasteiger partial charge in [-0.3, -0.25) is 0 Å². The van der Waals surface area contributed by atoms with Crippen LogP contribution in [0.25, 0.3) is 0 Å². The van der Waals surface area contributed by atoms with E-state index in [4.69, 9.17) is 0 Å². The van der Waals surface area contributed by atoms with Gasteiger partial charge in [0.1, 0.15) is 0 Å². The summed E-state index contributed by atoms with van der Waals surface area (Å²) in [6, 6.07) is 0. The average molecular weight is 213 g/mol. The summed E-state index contributed by atoms with van der Waals surface area (Å²) < 4.78 is 0. The molecule has 2 heteroatoms. The minimum Gasteiger partial charge on any atom is -0.306 e. The summed E-state index contributed by atoms with van der Waals surface area (Å²) in [5.41, 5.74) is 1.63. The fourth-order valence-corrected chi connectivity index (χ4v) is 2.30. The Morgan fingerprint density at radius 1 is 1.36 bits per heavy atom. The van der Waals surface area contributed by atoms with E-state index in [0.717, 1.165) is 0 Å². The third-order valence-electron chi connectivity index (χ3n) is 2.68. The Morgan fingerprint density at radius 3 is 2.29 bits per heavy atom. The van der Waals surface area contributed by atoms with Crippen LogP contribution in [0.5, 0.6) is 0 Å². The molecule has 0 N–H and O–H groups in total. The molecule has 0 saturated heterocycles. The number of hydrogen-bond donors (Lipinski definition) is 0. The minimum absolute atomic E-state index is 0.474. The van der Waals surface area contributed by atoms with Crippen LogP contribution in [0, 0.1) is 0 Å². The van der Waals surface area contributed by atoms with Crippen molar-refractivity contribution in [1.29, 1.82) is 0 Å². The molecular formula is C12H27NSi. The topological polar surface area (TPSA) is 3.24 Å². The Balaban J connectivity index is 3.98. The zero-order chi connectivity index (χ0) is 11.2. The maximum absolute atomic E-state index is 2.43. The maximum atomic E-state index is 2.43. The first kappa shape index (κ1) is 13.9. The molecule has 0 amide bonds. The van der Waals surface area contributed by atoms with Gasteiger partial charge in [0.25, 0.3) is 0 Å². The van der Waals surface area contributed by atoms with Crippen molar-refractivity contribution in [2.75, 3.05) is 20.1 Å². The molecule has 0 rings (SSSR count). The van der Waals surface area contributed by atoms with E-state index >= 15 is 0 Å². The third-order valence-corrected chi connectivity index (χ3v) is 3.32. The average Bonchev–Trinajstić information content (AvgIpc) is 2.03. The first-order valence-corrected chi connectivity index (χ1v) is 6.76. The van der Waals surface area contributed by atoms with E-state index < -0.39 is 0 Å². The van der Waals surface area contributed by atoms with Crippen molar-refractivity contribution < 1.29 is 0 Å². The molecule has 0 unspecified atom stereocenters. The van der Waals surface area contributed by atoms with E-state index in [1.807, 2.05) is 0 Å². The van der Waals surface area contributed by atoms with Gasteiger partial charge < -0.3 is 4.90 Å². The van der Waals surface area contributed by atoms with Gasteiger partial charge in [0.2, 0.25) is 0 Å². The quantitative estimate of drug-likeness (QED) is 0.483. The molecule has 0 aliphatic rings. The molecule has 0 heterocycles. The van der Waals surface area contributed by atoms with Gasteiger partial charge in [-0.2, -0.15) is 0 Å². The molecule has 0 saturated carbocycles. The van der Waals surface area contributed by atoms with Crippen LogP contribution in [0.4, 0.5) is 0 Å². The summed E-state index contributed by atoms with van der Waals surface area (Å²) in [4.78, 5) is 2.43. The largest absolute Gasteiger partial charge is 0.306 e. The fraction of sp³-hybridized carbons (Fsp3) is 0.833. The van der Waals surface area contributed by atoms with Crippen molar-refractivity contribution in [3.63, 3.8) is 0 Å². The van der Waals surface area contributed by atoms with E-state index in [2.05, 4.69) is 45.7 Å². The molecule has 0 atom stereocenters. The van der Waals surface area contributed by atoms with Crippen LogP contribution in [0.3, 0.4) is 0 Å². The molecule has 0 bridgehead atoms. The van der Waals surface area contributed by atoms with Crippen LogP contribution in [0.2, 0.25) is 5.04 Å². The Hall–Kier alpha value is -0.0831. The summed E-state index contributed by atoms with van der Waals surface area (Å²) in [7, 11) is 3.47. The van der Waals surface area contributed by atoms with Gasteiger partial charge in [-0.1, -0.05) is 32.4 Å². The molecule has 1 nitrogen and oxygen atoms in total. The molecule has 0 aliphatic heterocycles. The Morgan fingerprint density at radius 2 is 1.93 bits per heavy atom. The van der Waals surface area contributed by atoms with E-state index in [1.54, 1.807) is 5.57 Å². The van der Waals surface area contributed by atoms with Gasteiger partial charge in [0.05, 0.1) is 0 Å². The molecule has 0 aromatic carbocycles. The van der Waals surface area contributed by atoms with Crippen molar-refractivity contribution in [3.05, 3.63) is 11.6 Å². The van der Waals surface area contributed by atoms with Crippen molar-refractivity contribution in [2.24, 2.45) is 0 Å². The highest BCUT2D eigenvalue weighted by atomic mass is 28.1. The second-order valence-corrected chi connectivity index (χ2v) is 7.62. The summed E-state index contributed by atoms with van der Waals surface area (Å²) >= 11 is 0. The highest BCUT2D eigenvalue weighted by molar-refractivity contribution is 6.16. The van der Waals surface area contributed by atoms with Crippen LogP contribution < -0.4 is 0 Å². The van der Waals surface area contributed by atoms with Crippen LogP contribution in [0.1, 0.15) is 40.5 Å². The van der Waals surface area contributed by atoms with Gasteiger partial charge in [-0.25, -0.2) is 0 Å². The van der Waals surface area contributed by atoms with Crippen LogP contribution in [-0.2, 0) is 0 Å². The fourth-order valence-electron chi connectivity index (χ4n) is 1.76. The van der Waals surface area contributed by atoms with E-state index in [1.165, 1.54) is 36.2 Å². The summed E-state index contributed by atoms with van der Waals surface area (Å²) in [6.07, 6.45) is 4.81. The van der Waals surface area contributed by atoms with Crippen molar-refractivity contribution in [1.82, 2.24) is 4.90 Å². The number of rotatable bonds is 6. The SMILES string of the molecule is CC=C(CCN(C)CCC)C(C)(C)[SiH3]. The Labute approximate surface area is 93.0 Å². The monoisotopic (exact) mass is 213 g/mol. The Kier molecular flexibility index (Phi) is 6.37. The highest BCUT2D eigenvalue weighted by Gasteiger charge is 2.15. The van der Waals surface area contributed by atoms with Gasteiger partial charge in [0, 0.05) is 16.8 Å². The zero-order valence-corrected chi connectivity index (χ0v) is 12.9. The van der Waals surface area contributed by atoms with Gasteiger partial charge in [-0.15, -0.1) is 0 Å². The first-order chi connectivity index (χ1) is 6.41. The minimum atomic E-state index is 0.474. The normalized spacial score (nSPS) is 14.0. The molecule has 14 heavy (non-hydrogen) atoms. The van der Waals surface area contributed by atoms with Crippen molar-refractivity contribution in [3.8, 4) is 0 Å². The van der Waals surface area contributed by atoms with Crippen molar-refractivity contribution >= 4 is 10.2 Å². The summed E-state index contributed by atoms with van der Waals surface area (Å²) in [5, 5.41) is 0.474. The van der Waals surface area contributed by atoms with Crippen LogP contribution in [0.15, 0.2) is 11.6 Å². The molecule has 0 aromatic rings. The summed E-state index contributed by atoms with van der Waals surface area (Å²) in [5.74, 6) is 0. The standard InChI is InChI=1S/C12H27NSi/c1-6-9-13(5)10-8-11(7-2)12(3,4)14/h7H,6,8-10H2,1-5,14H3. The van der Waals surface area contributed by atoms with Crippen LogP contribution >= 0.6 is 0 Å². The highest BCUT2D eigenvalue weighted by Crippen LogP contribution is 2.31.